The molecule has 0 radical (unpaired) electrons. The molecule has 1 aromatic carbocycles. The molecule has 5 heteroatoms. The van der Waals surface area contributed by atoms with Gasteiger partial charge in [-0.05, 0) is 39.2 Å². The fourth-order valence-electron chi connectivity index (χ4n) is 2.08. The second-order valence-electron chi connectivity index (χ2n) is 4.69. The maximum absolute atomic E-state index is 13.6. The third kappa shape index (κ3) is 4.62. The summed E-state index contributed by atoms with van der Waals surface area (Å²) >= 11 is 3.28. The summed E-state index contributed by atoms with van der Waals surface area (Å²) in [4.78, 5) is 6.21. The molecular formula is C16H15BrFN3. The number of rotatable bonds is 6. The Hall–Kier alpha value is -1.77. The van der Waals surface area contributed by atoms with Crippen molar-refractivity contribution in [1.82, 2.24) is 9.88 Å². The van der Waals surface area contributed by atoms with Gasteiger partial charge in [-0.25, -0.2) is 4.39 Å². The van der Waals surface area contributed by atoms with Gasteiger partial charge >= 0.3 is 0 Å². The van der Waals surface area contributed by atoms with Gasteiger partial charge in [-0.1, -0.05) is 18.2 Å². The lowest BCUT2D eigenvalue weighted by molar-refractivity contribution is 0.261. The number of pyridine rings is 1. The lowest BCUT2D eigenvalue weighted by atomic mass is 10.2. The average Bonchev–Trinajstić information content (AvgIpc) is 2.50. The van der Waals surface area contributed by atoms with Crippen molar-refractivity contribution >= 4 is 15.9 Å². The quantitative estimate of drug-likeness (QED) is 0.795. The van der Waals surface area contributed by atoms with Crippen LogP contribution in [0.3, 0.4) is 0 Å². The Morgan fingerprint density at radius 2 is 2.10 bits per heavy atom. The molecule has 21 heavy (non-hydrogen) atoms. The molecule has 1 aromatic heterocycles. The first-order valence-electron chi connectivity index (χ1n) is 6.62. The number of benzene rings is 1. The monoisotopic (exact) mass is 347 g/mol. The van der Waals surface area contributed by atoms with E-state index in [1.54, 1.807) is 18.5 Å². The zero-order valence-electron chi connectivity index (χ0n) is 11.5. The molecule has 0 saturated carbocycles. The predicted octanol–water partition coefficient (Wildman–Crippen LogP) is 3.90. The molecule has 0 amide bonds. The standard InChI is InChI=1S/C16H15BrFN3/c17-16-14(5-1-6-15(16)18)12-21(9-3-7-19)11-13-4-2-8-20-10-13/h1-2,4-6,8,10H,3,9,11-12H2. The van der Waals surface area contributed by atoms with Crippen LogP contribution in [0.5, 0.6) is 0 Å². The van der Waals surface area contributed by atoms with Gasteiger partial charge in [0.25, 0.3) is 0 Å². The van der Waals surface area contributed by atoms with Gasteiger partial charge in [0.1, 0.15) is 5.82 Å². The van der Waals surface area contributed by atoms with E-state index in [9.17, 15) is 4.39 Å². The first-order valence-corrected chi connectivity index (χ1v) is 7.41. The van der Waals surface area contributed by atoms with Crippen LogP contribution in [0.1, 0.15) is 17.5 Å². The van der Waals surface area contributed by atoms with Crippen molar-refractivity contribution in [2.75, 3.05) is 6.54 Å². The van der Waals surface area contributed by atoms with E-state index in [0.29, 0.717) is 30.5 Å². The van der Waals surface area contributed by atoms with Crippen molar-refractivity contribution in [2.24, 2.45) is 0 Å². The van der Waals surface area contributed by atoms with E-state index in [0.717, 1.165) is 11.1 Å². The van der Waals surface area contributed by atoms with Crippen molar-refractivity contribution in [2.45, 2.75) is 19.5 Å². The van der Waals surface area contributed by atoms with E-state index >= 15 is 0 Å². The summed E-state index contributed by atoms with van der Waals surface area (Å²) in [6.07, 6.45) is 3.97. The summed E-state index contributed by atoms with van der Waals surface area (Å²) in [5.74, 6) is -0.269. The molecule has 0 aliphatic carbocycles. The lowest BCUT2D eigenvalue weighted by Gasteiger charge is -2.22. The minimum Gasteiger partial charge on any atom is -0.294 e. The summed E-state index contributed by atoms with van der Waals surface area (Å²) in [6, 6.07) is 11.0. The van der Waals surface area contributed by atoms with Crippen molar-refractivity contribution < 1.29 is 4.39 Å². The number of aromatic nitrogens is 1. The molecule has 0 bridgehead atoms. The molecule has 0 saturated heterocycles. The second kappa shape index (κ2) is 7.87. The van der Waals surface area contributed by atoms with Crippen LogP contribution in [0.15, 0.2) is 47.2 Å². The Morgan fingerprint density at radius 3 is 2.81 bits per heavy atom. The van der Waals surface area contributed by atoms with Crippen LogP contribution >= 0.6 is 15.9 Å². The highest BCUT2D eigenvalue weighted by Gasteiger charge is 2.11. The molecule has 2 rings (SSSR count). The van der Waals surface area contributed by atoms with Crippen LogP contribution in [0, 0.1) is 17.1 Å². The third-order valence-corrected chi connectivity index (χ3v) is 3.98. The molecule has 0 aliphatic heterocycles. The Balaban J connectivity index is 2.12. The van der Waals surface area contributed by atoms with E-state index < -0.39 is 0 Å². The highest BCUT2D eigenvalue weighted by Crippen LogP contribution is 2.22. The highest BCUT2D eigenvalue weighted by atomic mass is 79.9. The van der Waals surface area contributed by atoms with E-state index in [2.05, 4.69) is 31.9 Å². The Labute approximate surface area is 132 Å². The van der Waals surface area contributed by atoms with Gasteiger partial charge in [-0.3, -0.25) is 9.88 Å². The molecular weight excluding hydrogens is 333 g/mol. The number of halogens is 2. The molecule has 0 fully saturated rings. The van der Waals surface area contributed by atoms with E-state index in [1.165, 1.54) is 6.07 Å². The largest absolute Gasteiger partial charge is 0.294 e. The summed E-state index contributed by atoms with van der Waals surface area (Å²) in [6.45, 7) is 1.89. The molecule has 0 atom stereocenters. The van der Waals surface area contributed by atoms with Gasteiger partial charge in [-0.2, -0.15) is 5.26 Å². The number of hydrogen-bond acceptors (Lipinski definition) is 3. The van der Waals surface area contributed by atoms with Gasteiger partial charge in [0.05, 0.1) is 10.5 Å². The zero-order valence-corrected chi connectivity index (χ0v) is 13.1. The Bertz CT molecular complexity index is 625. The van der Waals surface area contributed by atoms with Crippen molar-refractivity contribution in [3.05, 3.63) is 64.1 Å². The van der Waals surface area contributed by atoms with Crippen LogP contribution < -0.4 is 0 Å². The summed E-state index contributed by atoms with van der Waals surface area (Å²) in [5, 5.41) is 8.79. The summed E-state index contributed by atoms with van der Waals surface area (Å²) in [5.41, 5.74) is 1.94. The van der Waals surface area contributed by atoms with E-state index in [1.807, 2.05) is 18.2 Å². The Morgan fingerprint density at radius 1 is 1.24 bits per heavy atom. The third-order valence-electron chi connectivity index (χ3n) is 3.09. The minimum absolute atomic E-state index is 0.269. The van der Waals surface area contributed by atoms with Crippen LogP contribution in [-0.2, 0) is 13.1 Å². The van der Waals surface area contributed by atoms with Crippen molar-refractivity contribution in [1.29, 1.82) is 5.26 Å². The molecule has 0 unspecified atom stereocenters. The number of nitrogens with zero attached hydrogens (tertiary/aromatic N) is 3. The van der Waals surface area contributed by atoms with E-state index in [4.69, 9.17) is 5.26 Å². The number of hydrogen-bond donors (Lipinski definition) is 0. The SMILES string of the molecule is N#CCCN(Cc1cccnc1)Cc1cccc(F)c1Br. The van der Waals surface area contributed by atoms with Crippen LogP contribution in [0.25, 0.3) is 0 Å². The van der Waals surface area contributed by atoms with Crippen molar-refractivity contribution in [3.8, 4) is 6.07 Å². The smallest absolute Gasteiger partial charge is 0.137 e. The Kier molecular flexibility index (Phi) is 5.85. The van der Waals surface area contributed by atoms with Crippen LogP contribution in [0.2, 0.25) is 0 Å². The molecule has 0 spiro atoms. The molecule has 1 heterocycles. The minimum atomic E-state index is -0.269. The highest BCUT2D eigenvalue weighted by molar-refractivity contribution is 9.10. The van der Waals surface area contributed by atoms with Gasteiger partial charge in [0.15, 0.2) is 0 Å². The van der Waals surface area contributed by atoms with Crippen molar-refractivity contribution in [3.63, 3.8) is 0 Å². The lowest BCUT2D eigenvalue weighted by Crippen LogP contribution is -2.24. The molecule has 3 nitrogen and oxygen atoms in total. The first-order chi connectivity index (χ1) is 10.2. The molecule has 108 valence electrons. The predicted molar refractivity (Wildman–Crippen MR) is 82.7 cm³/mol. The molecule has 0 N–H and O–H groups in total. The summed E-state index contributed by atoms with van der Waals surface area (Å²) in [7, 11) is 0. The zero-order chi connectivity index (χ0) is 15.1. The maximum atomic E-state index is 13.6. The fraction of sp³-hybridized carbons (Fsp3) is 0.250. The molecule has 2 aromatic rings. The maximum Gasteiger partial charge on any atom is 0.137 e. The summed E-state index contributed by atoms with van der Waals surface area (Å²) < 4.78 is 14.1. The normalized spacial score (nSPS) is 10.6. The van der Waals surface area contributed by atoms with Gasteiger partial charge in [0.2, 0.25) is 0 Å². The van der Waals surface area contributed by atoms with Crippen LogP contribution in [-0.4, -0.2) is 16.4 Å². The fourth-order valence-corrected chi connectivity index (χ4v) is 2.47. The number of nitriles is 1. The topological polar surface area (TPSA) is 39.9 Å². The first kappa shape index (κ1) is 15.6. The second-order valence-corrected chi connectivity index (χ2v) is 5.49. The average molecular weight is 348 g/mol. The van der Waals surface area contributed by atoms with Gasteiger partial charge < -0.3 is 0 Å². The van der Waals surface area contributed by atoms with Gasteiger partial charge in [-0.15, -0.1) is 0 Å². The van der Waals surface area contributed by atoms with Gasteiger partial charge in [0, 0.05) is 38.4 Å². The molecule has 0 aliphatic rings. The van der Waals surface area contributed by atoms with E-state index in [-0.39, 0.29) is 5.82 Å². The van der Waals surface area contributed by atoms with Crippen LogP contribution in [0.4, 0.5) is 4.39 Å².